The molecule has 82 valence electrons. The monoisotopic (exact) mass is 220 g/mol. The molecule has 1 aromatic heterocycles. The van der Waals surface area contributed by atoms with Crippen LogP contribution in [0.2, 0.25) is 0 Å². The number of imidazole rings is 1. The Morgan fingerprint density at radius 1 is 1.50 bits per heavy atom. The SMILES string of the molecule is O=C(O)c1cn(Cc2cccc(F)c2)cn1. The molecule has 2 rings (SSSR count). The fourth-order valence-electron chi connectivity index (χ4n) is 1.40. The van der Waals surface area contributed by atoms with Gasteiger partial charge in [0, 0.05) is 12.7 Å². The third-order valence-electron chi connectivity index (χ3n) is 2.11. The average molecular weight is 220 g/mol. The summed E-state index contributed by atoms with van der Waals surface area (Å²) in [7, 11) is 0. The lowest BCUT2D eigenvalue weighted by Crippen LogP contribution is -1.98. The minimum absolute atomic E-state index is 0.0172. The van der Waals surface area contributed by atoms with Gasteiger partial charge in [0.1, 0.15) is 5.82 Å². The molecular weight excluding hydrogens is 211 g/mol. The largest absolute Gasteiger partial charge is 0.476 e. The molecular formula is C11H9FN2O2. The molecule has 0 aliphatic carbocycles. The average Bonchev–Trinajstić information content (AvgIpc) is 2.66. The van der Waals surface area contributed by atoms with Gasteiger partial charge in [-0.05, 0) is 17.7 Å². The molecule has 5 heteroatoms. The van der Waals surface area contributed by atoms with Gasteiger partial charge in [-0.1, -0.05) is 12.1 Å². The van der Waals surface area contributed by atoms with Crippen LogP contribution in [0.5, 0.6) is 0 Å². The number of carboxylic acids is 1. The summed E-state index contributed by atoms with van der Waals surface area (Å²) in [6.45, 7) is 0.401. The summed E-state index contributed by atoms with van der Waals surface area (Å²) in [5.41, 5.74) is 0.741. The van der Waals surface area contributed by atoms with Crippen LogP contribution >= 0.6 is 0 Å². The Hall–Kier alpha value is -2.17. The van der Waals surface area contributed by atoms with Gasteiger partial charge in [-0.3, -0.25) is 0 Å². The van der Waals surface area contributed by atoms with Crippen molar-refractivity contribution in [1.82, 2.24) is 9.55 Å². The van der Waals surface area contributed by atoms with Gasteiger partial charge in [-0.2, -0.15) is 0 Å². The summed E-state index contributed by atoms with van der Waals surface area (Å²) in [6.07, 6.45) is 2.82. The van der Waals surface area contributed by atoms with E-state index in [1.807, 2.05) is 0 Å². The van der Waals surface area contributed by atoms with Gasteiger partial charge in [0.25, 0.3) is 0 Å². The number of benzene rings is 1. The Bertz CT molecular complexity index is 522. The molecule has 0 aliphatic heterocycles. The molecule has 0 radical (unpaired) electrons. The number of carboxylic acid groups (broad SMARTS) is 1. The first-order valence-corrected chi connectivity index (χ1v) is 4.64. The highest BCUT2D eigenvalue weighted by atomic mass is 19.1. The fraction of sp³-hybridized carbons (Fsp3) is 0.0909. The van der Waals surface area contributed by atoms with Gasteiger partial charge in [-0.25, -0.2) is 14.2 Å². The van der Waals surface area contributed by atoms with Crippen LogP contribution in [0.25, 0.3) is 0 Å². The van der Waals surface area contributed by atoms with E-state index in [2.05, 4.69) is 4.98 Å². The Morgan fingerprint density at radius 2 is 2.31 bits per heavy atom. The highest BCUT2D eigenvalue weighted by molar-refractivity contribution is 5.84. The van der Waals surface area contributed by atoms with Crippen LogP contribution in [0.4, 0.5) is 4.39 Å². The van der Waals surface area contributed by atoms with Crippen molar-refractivity contribution >= 4 is 5.97 Å². The number of halogens is 1. The predicted octanol–water partition coefficient (Wildman–Crippen LogP) is 1.77. The van der Waals surface area contributed by atoms with E-state index in [1.54, 1.807) is 16.7 Å². The third-order valence-corrected chi connectivity index (χ3v) is 2.11. The third kappa shape index (κ3) is 2.25. The van der Waals surface area contributed by atoms with Crippen LogP contribution in [0.1, 0.15) is 16.1 Å². The zero-order valence-electron chi connectivity index (χ0n) is 8.30. The Balaban J connectivity index is 2.17. The Labute approximate surface area is 91.0 Å². The second kappa shape index (κ2) is 4.14. The number of aromatic nitrogens is 2. The smallest absolute Gasteiger partial charge is 0.356 e. The number of rotatable bonds is 3. The van der Waals surface area contributed by atoms with Crippen LogP contribution in [-0.2, 0) is 6.54 Å². The van der Waals surface area contributed by atoms with E-state index in [9.17, 15) is 9.18 Å². The molecule has 0 saturated heterocycles. The maximum Gasteiger partial charge on any atom is 0.356 e. The van der Waals surface area contributed by atoms with Crippen LogP contribution in [0.3, 0.4) is 0 Å². The first-order valence-electron chi connectivity index (χ1n) is 4.64. The van der Waals surface area contributed by atoms with Crippen LogP contribution in [-0.4, -0.2) is 20.6 Å². The molecule has 1 N–H and O–H groups in total. The standard InChI is InChI=1S/C11H9FN2O2/c12-9-3-1-2-8(4-9)5-14-6-10(11(15)16)13-7-14/h1-4,6-7H,5H2,(H,15,16). The lowest BCUT2D eigenvalue weighted by atomic mass is 10.2. The van der Waals surface area contributed by atoms with Crippen LogP contribution < -0.4 is 0 Å². The molecule has 0 bridgehead atoms. The first-order chi connectivity index (χ1) is 7.65. The molecule has 16 heavy (non-hydrogen) atoms. The molecule has 1 heterocycles. The van der Waals surface area contributed by atoms with Crippen molar-refractivity contribution in [3.8, 4) is 0 Å². The van der Waals surface area contributed by atoms with Gasteiger partial charge in [0.05, 0.1) is 6.33 Å². The van der Waals surface area contributed by atoms with Crippen LogP contribution in [0, 0.1) is 5.82 Å². The number of hydrogen-bond donors (Lipinski definition) is 1. The van der Waals surface area contributed by atoms with Gasteiger partial charge in [0.2, 0.25) is 0 Å². The highest BCUT2D eigenvalue weighted by Gasteiger charge is 2.06. The van der Waals surface area contributed by atoms with Gasteiger partial charge in [-0.15, -0.1) is 0 Å². The number of aromatic carboxylic acids is 1. The van der Waals surface area contributed by atoms with Gasteiger partial charge < -0.3 is 9.67 Å². The maximum absolute atomic E-state index is 12.9. The van der Waals surface area contributed by atoms with Gasteiger partial charge >= 0.3 is 5.97 Å². The Morgan fingerprint density at radius 3 is 2.94 bits per heavy atom. The molecule has 0 fully saturated rings. The van der Waals surface area contributed by atoms with E-state index < -0.39 is 5.97 Å². The first kappa shape index (κ1) is 10.4. The molecule has 0 spiro atoms. The molecule has 0 amide bonds. The molecule has 0 atom stereocenters. The molecule has 4 nitrogen and oxygen atoms in total. The minimum Gasteiger partial charge on any atom is -0.476 e. The lowest BCUT2D eigenvalue weighted by molar-refractivity contribution is 0.0691. The van der Waals surface area contributed by atoms with E-state index in [-0.39, 0.29) is 11.5 Å². The van der Waals surface area contributed by atoms with Crippen molar-refractivity contribution in [3.05, 3.63) is 53.9 Å². The van der Waals surface area contributed by atoms with Gasteiger partial charge in [0.15, 0.2) is 5.69 Å². The zero-order valence-corrected chi connectivity index (χ0v) is 8.30. The van der Waals surface area contributed by atoms with Crippen molar-refractivity contribution in [2.75, 3.05) is 0 Å². The summed E-state index contributed by atoms with van der Waals surface area (Å²) in [6, 6.07) is 6.14. The zero-order chi connectivity index (χ0) is 11.5. The summed E-state index contributed by atoms with van der Waals surface area (Å²) in [4.78, 5) is 14.3. The second-order valence-electron chi connectivity index (χ2n) is 3.37. The van der Waals surface area contributed by atoms with E-state index in [1.165, 1.54) is 24.7 Å². The predicted molar refractivity (Wildman–Crippen MR) is 54.7 cm³/mol. The molecule has 0 unspecified atom stereocenters. The lowest BCUT2D eigenvalue weighted by Gasteiger charge is -2.01. The van der Waals surface area contributed by atoms with Crippen LogP contribution in [0.15, 0.2) is 36.8 Å². The topological polar surface area (TPSA) is 55.1 Å². The maximum atomic E-state index is 12.9. The van der Waals surface area contributed by atoms with Crippen molar-refractivity contribution in [1.29, 1.82) is 0 Å². The van der Waals surface area contributed by atoms with E-state index in [0.717, 1.165) is 5.56 Å². The van der Waals surface area contributed by atoms with E-state index >= 15 is 0 Å². The molecule has 2 aromatic rings. The van der Waals surface area contributed by atoms with E-state index in [4.69, 9.17) is 5.11 Å². The minimum atomic E-state index is -1.07. The van der Waals surface area contributed by atoms with Crippen molar-refractivity contribution in [2.24, 2.45) is 0 Å². The Kier molecular flexibility index (Phi) is 2.68. The fourth-order valence-corrected chi connectivity index (χ4v) is 1.40. The quantitative estimate of drug-likeness (QED) is 0.857. The van der Waals surface area contributed by atoms with Crippen molar-refractivity contribution in [3.63, 3.8) is 0 Å². The number of carbonyl (C=O) groups is 1. The normalized spacial score (nSPS) is 10.3. The summed E-state index contributed by atoms with van der Waals surface area (Å²) in [5.74, 6) is -1.38. The summed E-state index contributed by atoms with van der Waals surface area (Å²) < 4.78 is 14.5. The molecule has 1 aromatic carbocycles. The van der Waals surface area contributed by atoms with Crippen molar-refractivity contribution < 1.29 is 14.3 Å². The van der Waals surface area contributed by atoms with E-state index in [0.29, 0.717) is 6.54 Å². The number of hydrogen-bond acceptors (Lipinski definition) is 2. The molecule has 0 saturated carbocycles. The second-order valence-corrected chi connectivity index (χ2v) is 3.37. The highest BCUT2D eigenvalue weighted by Crippen LogP contribution is 2.06. The molecule has 0 aliphatic rings. The summed E-state index contributed by atoms with van der Waals surface area (Å²) >= 11 is 0. The van der Waals surface area contributed by atoms with Crippen molar-refractivity contribution in [2.45, 2.75) is 6.54 Å². The number of nitrogens with zero attached hydrogens (tertiary/aromatic N) is 2. The summed E-state index contributed by atoms with van der Waals surface area (Å²) in [5, 5.41) is 8.67.